The van der Waals surface area contributed by atoms with Gasteiger partial charge < -0.3 is 5.32 Å². The van der Waals surface area contributed by atoms with Crippen molar-refractivity contribution in [3.8, 4) is 5.82 Å². The average molecular weight is 373 g/mol. The first-order chi connectivity index (χ1) is 13.8. The van der Waals surface area contributed by atoms with Crippen molar-refractivity contribution in [2.45, 2.75) is 13.1 Å². The molecule has 140 valence electrons. The van der Waals surface area contributed by atoms with Crippen LogP contribution >= 0.6 is 0 Å². The Morgan fingerprint density at radius 1 is 0.964 bits per heavy atom. The third-order valence-corrected chi connectivity index (χ3v) is 4.07. The minimum Gasteiger partial charge on any atom is -0.334 e. The zero-order chi connectivity index (χ0) is 19.2. The molecule has 2 N–H and O–H groups in total. The van der Waals surface area contributed by atoms with Crippen LogP contribution in [0.5, 0.6) is 0 Å². The number of nitrogens with zero attached hydrogens (tertiary/aromatic N) is 5. The molecule has 4 aromatic rings. The van der Waals surface area contributed by atoms with Crippen LogP contribution in [-0.4, -0.2) is 30.6 Å². The molecule has 0 radical (unpaired) electrons. The highest BCUT2D eigenvalue weighted by Crippen LogP contribution is 2.08. The molecule has 0 saturated carbocycles. The van der Waals surface area contributed by atoms with Gasteiger partial charge in [0.15, 0.2) is 11.6 Å². The van der Waals surface area contributed by atoms with Crippen molar-refractivity contribution in [2.75, 3.05) is 5.32 Å². The molecule has 0 saturated heterocycles. The van der Waals surface area contributed by atoms with Crippen LogP contribution in [0.4, 0.5) is 10.6 Å². The third-order valence-electron chi connectivity index (χ3n) is 4.07. The number of hydrogen-bond donors (Lipinski definition) is 2. The molecule has 0 atom stereocenters. The first kappa shape index (κ1) is 17.5. The highest BCUT2D eigenvalue weighted by molar-refractivity contribution is 5.88. The third kappa shape index (κ3) is 4.42. The number of rotatable bonds is 6. The molecule has 3 aromatic heterocycles. The van der Waals surface area contributed by atoms with Gasteiger partial charge in [0.25, 0.3) is 0 Å². The number of pyridine rings is 1. The lowest BCUT2D eigenvalue weighted by molar-refractivity contribution is 0.251. The monoisotopic (exact) mass is 373 g/mol. The van der Waals surface area contributed by atoms with Crippen molar-refractivity contribution in [3.63, 3.8) is 0 Å². The normalized spacial score (nSPS) is 10.6. The van der Waals surface area contributed by atoms with Crippen LogP contribution in [0, 0.1) is 0 Å². The molecule has 3 heterocycles. The van der Waals surface area contributed by atoms with E-state index < -0.39 is 0 Å². The number of benzene rings is 1. The minimum absolute atomic E-state index is 0.317. The van der Waals surface area contributed by atoms with E-state index in [1.54, 1.807) is 27.8 Å². The van der Waals surface area contributed by atoms with Gasteiger partial charge in [0, 0.05) is 37.4 Å². The van der Waals surface area contributed by atoms with Gasteiger partial charge in [-0.2, -0.15) is 10.2 Å². The van der Waals surface area contributed by atoms with Crippen LogP contribution in [0.2, 0.25) is 0 Å². The SMILES string of the molecule is O=C(NCc1ccnc(-n2cccn2)c1)Nc1ccn(Cc2ccccc2)n1. The Labute approximate surface area is 161 Å². The summed E-state index contributed by atoms with van der Waals surface area (Å²) in [6, 6.07) is 17.0. The van der Waals surface area contributed by atoms with Crippen LogP contribution in [0.25, 0.3) is 5.82 Å². The van der Waals surface area contributed by atoms with Gasteiger partial charge in [-0.3, -0.25) is 10.00 Å². The molecule has 1 aromatic carbocycles. The molecule has 0 aliphatic rings. The number of aromatic nitrogens is 5. The second-order valence-electron chi connectivity index (χ2n) is 6.16. The first-order valence-corrected chi connectivity index (χ1v) is 8.83. The van der Waals surface area contributed by atoms with E-state index in [2.05, 4.69) is 25.8 Å². The summed E-state index contributed by atoms with van der Waals surface area (Å²) in [6.07, 6.45) is 7.04. The van der Waals surface area contributed by atoms with Crippen LogP contribution in [0.15, 0.2) is 79.4 Å². The number of carbonyl (C=O) groups excluding carboxylic acids is 1. The first-order valence-electron chi connectivity index (χ1n) is 8.83. The molecule has 2 amide bonds. The Bertz CT molecular complexity index is 1040. The van der Waals surface area contributed by atoms with E-state index in [0.29, 0.717) is 24.7 Å². The number of nitrogens with one attached hydrogen (secondary N) is 2. The maximum absolute atomic E-state index is 12.2. The summed E-state index contributed by atoms with van der Waals surface area (Å²) in [4.78, 5) is 16.4. The van der Waals surface area contributed by atoms with Gasteiger partial charge >= 0.3 is 6.03 Å². The van der Waals surface area contributed by atoms with Gasteiger partial charge in [0.1, 0.15) is 0 Å². The smallest absolute Gasteiger partial charge is 0.320 e. The number of amides is 2. The highest BCUT2D eigenvalue weighted by Gasteiger charge is 2.06. The Morgan fingerprint density at radius 3 is 2.68 bits per heavy atom. The van der Waals surface area contributed by atoms with Crippen LogP contribution < -0.4 is 10.6 Å². The van der Waals surface area contributed by atoms with E-state index in [9.17, 15) is 4.79 Å². The molecule has 28 heavy (non-hydrogen) atoms. The summed E-state index contributed by atoms with van der Waals surface area (Å²) < 4.78 is 3.45. The Morgan fingerprint density at radius 2 is 1.86 bits per heavy atom. The van der Waals surface area contributed by atoms with Gasteiger partial charge in [-0.1, -0.05) is 30.3 Å². The van der Waals surface area contributed by atoms with Gasteiger partial charge in [0.05, 0.1) is 6.54 Å². The van der Waals surface area contributed by atoms with Gasteiger partial charge in [-0.05, 0) is 29.3 Å². The van der Waals surface area contributed by atoms with Crippen LogP contribution in [-0.2, 0) is 13.1 Å². The van der Waals surface area contributed by atoms with Crippen LogP contribution in [0.3, 0.4) is 0 Å². The number of carbonyl (C=O) groups is 1. The molecule has 0 bridgehead atoms. The molecule has 0 spiro atoms. The quantitative estimate of drug-likeness (QED) is 0.544. The molecule has 8 nitrogen and oxygen atoms in total. The van der Waals surface area contributed by atoms with Crippen molar-refractivity contribution < 1.29 is 4.79 Å². The van der Waals surface area contributed by atoms with Gasteiger partial charge in [0.2, 0.25) is 0 Å². The number of anilines is 1. The summed E-state index contributed by atoms with van der Waals surface area (Å²) in [6.45, 7) is 1.02. The van der Waals surface area contributed by atoms with E-state index in [1.807, 2.05) is 60.9 Å². The summed E-state index contributed by atoms with van der Waals surface area (Å²) in [5.74, 6) is 1.20. The van der Waals surface area contributed by atoms with Crippen molar-refractivity contribution in [1.82, 2.24) is 29.9 Å². The molecule has 0 aliphatic carbocycles. The molecular formula is C20H19N7O. The fourth-order valence-corrected chi connectivity index (χ4v) is 2.73. The van der Waals surface area contributed by atoms with E-state index in [-0.39, 0.29) is 6.03 Å². The summed E-state index contributed by atoms with van der Waals surface area (Å²) in [7, 11) is 0. The number of urea groups is 1. The standard InChI is InChI=1S/C20H19N7O/c28-20(22-14-17-7-10-21-19(13-17)27-11-4-9-23-27)24-18-8-12-26(25-18)15-16-5-2-1-3-6-16/h1-13H,14-15H2,(H2,22,24,25,28). The topological polar surface area (TPSA) is 89.7 Å². The van der Waals surface area contributed by atoms with Gasteiger partial charge in [-0.25, -0.2) is 14.5 Å². The average Bonchev–Trinajstić information content (AvgIpc) is 3.40. The zero-order valence-electron chi connectivity index (χ0n) is 15.1. The maximum atomic E-state index is 12.2. The lowest BCUT2D eigenvalue weighted by Gasteiger charge is -2.07. The molecule has 0 unspecified atom stereocenters. The predicted octanol–water partition coefficient (Wildman–Crippen LogP) is 2.83. The van der Waals surface area contributed by atoms with Crippen molar-refractivity contribution in [1.29, 1.82) is 0 Å². The lowest BCUT2D eigenvalue weighted by atomic mass is 10.2. The Hall–Kier alpha value is -3.94. The van der Waals surface area contributed by atoms with Gasteiger partial charge in [-0.15, -0.1) is 0 Å². The Kier molecular flexibility index (Phi) is 5.10. The van der Waals surface area contributed by atoms with Crippen LogP contribution in [0.1, 0.15) is 11.1 Å². The van der Waals surface area contributed by atoms with E-state index in [1.165, 1.54) is 0 Å². The lowest BCUT2D eigenvalue weighted by Crippen LogP contribution is -2.28. The second kappa shape index (κ2) is 8.17. The maximum Gasteiger partial charge on any atom is 0.320 e. The van der Waals surface area contributed by atoms with E-state index >= 15 is 0 Å². The molecule has 8 heteroatoms. The highest BCUT2D eigenvalue weighted by atomic mass is 16.2. The molecule has 4 rings (SSSR count). The molecule has 0 fully saturated rings. The van der Waals surface area contributed by atoms with Crippen molar-refractivity contribution in [3.05, 3.63) is 90.5 Å². The molecule has 0 aliphatic heterocycles. The summed E-state index contributed by atoms with van der Waals surface area (Å²) in [5, 5.41) is 14.1. The zero-order valence-corrected chi connectivity index (χ0v) is 15.1. The van der Waals surface area contributed by atoms with Crippen molar-refractivity contribution in [2.24, 2.45) is 0 Å². The largest absolute Gasteiger partial charge is 0.334 e. The Balaban J connectivity index is 1.31. The predicted molar refractivity (Wildman–Crippen MR) is 105 cm³/mol. The van der Waals surface area contributed by atoms with E-state index in [4.69, 9.17) is 0 Å². The second-order valence-corrected chi connectivity index (χ2v) is 6.16. The van der Waals surface area contributed by atoms with E-state index in [0.717, 1.165) is 11.1 Å². The van der Waals surface area contributed by atoms with Crippen molar-refractivity contribution >= 4 is 11.8 Å². The fraction of sp³-hybridized carbons (Fsp3) is 0.100. The summed E-state index contributed by atoms with van der Waals surface area (Å²) in [5.41, 5.74) is 2.07. The minimum atomic E-state index is -0.317. The molecular weight excluding hydrogens is 354 g/mol. The summed E-state index contributed by atoms with van der Waals surface area (Å²) >= 11 is 0. The number of hydrogen-bond acceptors (Lipinski definition) is 4. The fourth-order valence-electron chi connectivity index (χ4n) is 2.73.